The van der Waals surface area contributed by atoms with Gasteiger partial charge < -0.3 is 5.48 Å². The average molecular weight is 169 g/mol. The molecule has 0 radical (unpaired) electrons. The number of hydrogen-bond donors (Lipinski definition) is 1. The molecule has 0 unspecified atom stereocenters. The van der Waals surface area contributed by atoms with E-state index >= 15 is 0 Å². The molecule has 6 heteroatoms. The molecule has 0 bridgehead atoms. The topological polar surface area (TPSA) is 91.7 Å². The molecular formula is C6H7N3O3. The molecule has 3 N–H and O–H groups in total. The molecule has 64 valence electrons. The smallest absolute Gasteiger partial charge is 0.134 e. The van der Waals surface area contributed by atoms with Crippen molar-refractivity contribution in [2.75, 3.05) is 0 Å². The van der Waals surface area contributed by atoms with Crippen molar-refractivity contribution in [3.63, 3.8) is 0 Å². The number of para-hydroxylation sites is 1. The van der Waals surface area contributed by atoms with Crippen LogP contribution in [0.5, 0.6) is 0 Å². The summed E-state index contributed by atoms with van der Waals surface area (Å²) in [6.07, 6.45) is 0. The van der Waals surface area contributed by atoms with Gasteiger partial charge in [0.15, 0.2) is 0 Å². The number of fused-ring (bicyclic) bond motifs is 1. The van der Waals surface area contributed by atoms with Gasteiger partial charge in [0.1, 0.15) is 11.0 Å². The maximum absolute atomic E-state index is 8.28. The lowest BCUT2D eigenvalue weighted by atomic mass is 10.3. The van der Waals surface area contributed by atoms with E-state index < -0.39 is 0 Å². The Morgan fingerprint density at radius 1 is 1.33 bits per heavy atom. The van der Waals surface area contributed by atoms with E-state index in [1.807, 2.05) is 6.07 Å². The zero-order chi connectivity index (χ0) is 7.68. The highest BCUT2D eigenvalue weighted by Crippen LogP contribution is 2.07. The highest BCUT2D eigenvalue weighted by molar-refractivity contribution is 5.73. The third-order valence-corrected chi connectivity index (χ3v) is 1.40. The van der Waals surface area contributed by atoms with Gasteiger partial charge in [-0.1, -0.05) is 12.1 Å². The summed E-state index contributed by atoms with van der Waals surface area (Å²) >= 11 is 0. The Balaban J connectivity index is 0.000000720. The Bertz CT molecular complexity index is 373. The van der Waals surface area contributed by atoms with Crippen LogP contribution in [-0.4, -0.2) is 25.9 Å². The lowest BCUT2D eigenvalue weighted by Gasteiger charge is -1.91. The van der Waals surface area contributed by atoms with E-state index in [0.29, 0.717) is 11.0 Å². The van der Waals surface area contributed by atoms with Gasteiger partial charge in [0.05, 0.1) is 0 Å². The minimum atomic E-state index is 0. The van der Waals surface area contributed by atoms with E-state index in [9.17, 15) is 0 Å². The van der Waals surface area contributed by atoms with Crippen molar-refractivity contribution in [3.8, 4) is 0 Å². The summed E-state index contributed by atoms with van der Waals surface area (Å²) in [5, 5.41) is 15.5. The molecule has 0 spiro atoms. The summed E-state index contributed by atoms with van der Waals surface area (Å²) in [5.41, 5.74) is 1.32. The van der Waals surface area contributed by atoms with Gasteiger partial charge in [0.2, 0.25) is 0 Å². The van der Waals surface area contributed by atoms with Crippen molar-refractivity contribution in [1.29, 1.82) is 0 Å². The summed E-state index contributed by atoms with van der Waals surface area (Å²) in [4.78, 5) is 4.85. The molecule has 0 atom stereocenters. The maximum Gasteiger partial charge on any atom is 0.134 e. The summed E-state index contributed by atoms with van der Waals surface area (Å²) in [5.74, 6) is 0. The molecule has 6 nitrogen and oxygen atoms in total. The van der Waals surface area contributed by atoms with Crippen LogP contribution in [0.15, 0.2) is 24.3 Å². The molecule has 2 aromatic rings. The molecule has 0 saturated heterocycles. The van der Waals surface area contributed by atoms with E-state index in [-0.39, 0.29) is 5.48 Å². The van der Waals surface area contributed by atoms with Crippen molar-refractivity contribution in [1.82, 2.24) is 15.2 Å². The zero-order valence-electron chi connectivity index (χ0n) is 6.01. The van der Waals surface area contributed by atoms with Gasteiger partial charge in [0.25, 0.3) is 0 Å². The van der Waals surface area contributed by atoms with Crippen LogP contribution < -0.4 is 4.99 Å². The molecule has 0 amide bonds. The summed E-state index contributed by atoms with van der Waals surface area (Å²) in [6.45, 7) is 0. The Morgan fingerprint density at radius 3 is 2.83 bits per heavy atom. The standard InChI is InChI=1S/C6H5N3O2.H2O/c10-11-9-6-4-2-1-3-5(6)7-8-9;/h1-4,10H;1H2. The molecule has 12 heavy (non-hydrogen) atoms. The molecule has 0 aliphatic heterocycles. The van der Waals surface area contributed by atoms with Gasteiger partial charge in [-0.25, -0.2) is 4.99 Å². The van der Waals surface area contributed by atoms with Crippen LogP contribution in [0.2, 0.25) is 0 Å². The highest BCUT2D eigenvalue weighted by Gasteiger charge is 2.01. The quantitative estimate of drug-likeness (QED) is 0.460. The summed E-state index contributed by atoms with van der Waals surface area (Å²) in [6, 6.07) is 7.16. The first-order chi connectivity index (χ1) is 5.42. The molecule has 0 aliphatic rings. The molecule has 0 aliphatic carbocycles. The van der Waals surface area contributed by atoms with Crippen LogP contribution in [0.1, 0.15) is 0 Å². The van der Waals surface area contributed by atoms with Gasteiger partial charge in [-0.2, -0.15) is 5.26 Å². The monoisotopic (exact) mass is 169 g/mol. The third-order valence-electron chi connectivity index (χ3n) is 1.40. The van der Waals surface area contributed by atoms with Crippen molar-refractivity contribution < 1.29 is 15.7 Å². The van der Waals surface area contributed by atoms with E-state index in [0.717, 1.165) is 4.85 Å². The zero-order valence-corrected chi connectivity index (χ0v) is 6.01. The van der Waals surface area contributed by atoms with Gasteiger partial charge >= 0.3 is 0 Å². The lowest BCUT2D eigenvalue weighted by molar-refractivity contribution is -0.250. The minimum Gasteiger partial charge on any atom is -0.412 e. The lowest BCUT2D eigenvalue weighted by Crippen LogP contribution is -2.07. The SMILES string of the molecule is O.OOn1nnc2ccccc21. The first-order valence-electron chi connectivity index (χ1n) is 3.04. The highest BCUT2D eigenvalue weighted by atomic mass is 17.2. The van der Waals surface area contributed by atoms with Gasteiger partial charge in [-0.3, -0.25) is 0 Å². The van der Waals surface area contributed by atoms with E-state index in [4.69, 9.17) is 5.26 Å². The second-order valence-electron chi connectivity index (χ2n) is 2.03. The van der Waals surface area contributed by atoms with Gasteiger partial charge in [0, 0.05) is 0 Å². The van der Waals surface area contributed by atoms with Crippen LogP contribution in [-0.2, 0) is 0 Å². The normalized spacial score (nSPS) is 9.42. The third kappa shape index (κ3) is 1.09. The van der Waals surface area contributed by atoms with Crippen molar-refractivity contribution in [2.24, 2.45) is 0 Å². The second kappa shape index (κ2) is 3.16. The average Bonchev–Trinajstić information content (AvgIpc) is 2.47. The van der Waals surface area contributed by atoms with E-state index in [1.165, 1.54) is 0 Å². The molecule has 2 rings (SSSR count). The number of nitrogens with zero attached hydrogens (tertiary/aromatic N) is 3. The van der Waals surface area contributed by atoms with Crippen LogP contribution in [0.25, 0.3) is 11.0 Å². The fraction of sp³-hybridized carbons (Fsp3) is 0. The number of rotatable bonds is 1. The van der Waals surface area contributed by atoms with Gasteiger partial charge in [-0.05, 0) is 22.2 Å². The van der Waals surface area contributed by atoms with Crippen LogP contribution >= 0.6 is 0 Å². The number of hydrogen-bond acceptors (Lipinski definition) is 4. The predicted molar refractivity (Wildman–Crippen MR) is 40.4 cm³/mol. The fourth-order valence-electron chi connectivity index (χ4n) is 0.908. The van der Waals surface area contributed by atoms with E-state index in [1.54, 1.807) is 18.2 Å². The van der Waals surface area contributed by atoms with Crippen LogP contribution in [0.4, 0.5) is 0 Å². The Labute approximate surface area is 67.2 Å². The van der Waals surface area contributed by atoms with Crippen LogP contribution in [0, 0.1) is 0 Å². The van der Waals surface area contributed by atoms with Crippen LogP contribution in [0.3, 0.4) is 0 Å². The van der Waals surface area contributed by atoms with Crippen molar-refractivity contribution in [2.45, 2.75) is 0 Å². The molecule has 1 aromatic carbocycles. The first-order valence-corrected chi connectivity index (χ1v) is 3.04. The predicted octanol–water partition coefficient (Wildman–Crippen LogP) is -0.492. The Hall–Kier alpha value is -1.66. The molecule has 1 heterocycles. The summed E-state index contributed by atoms with van der Waals surface area (Å²) < 4.78 is 0. The van der Waals surface area contributed by atoms with Gasteiger partial charge in [-0.15, -0.1) is 5.10 Å². The largest absolute Gasteiger partial charge is 0.412 e. The number of aromatic nitrogens is 3. The van der Waals surface area contributed by atoms with Crippen molar-refractivity contribution >= 4 is 11.0 Å². The molecule has 0 fully saturated rings. The molecule has 0 saturated carbocycles. The maximum atomic E-state index is 8.28. The Kier molecular flexibility index (Phi) is 2.22. The van der Waals surface area contributed by atoms with Crippen molar-refractivity contribution in [3.05, 3.63) is 24.3 Å². The fourth-order valence-corrected chi connectivity index (χ4v) is 0.908. The van der Waals surface area contributed by atoms with E-state index in [2.05, 4.69) is 15.3 Å². The Morgan fingerprint density at radius 2 is 2.08 bits per heavy atom. The second-order valence-corrected chi connectivity index (χ2v) is 2.03. The first kappa shape index (κ1) is 8.44. The molecule has 1 aromatic heterocycles. The number of benzene rings is 1. The minimum absolute atomic E-state index is 0. The summed E-state index contributed by atoms with van der Waals surface area (Å²) in [7, 11) is 0. The molecular weight excluding hydrogens is 162 g/mol.